The smallest absolute Gasteiger partial charge is 0.371 e. The third-order valence-corrected chi connectivity index (χ3v) is 2.49. The number of nitrogens with one attached hydrogen (secondary N) is 1. The Hall–Kier alpha value is -1.29. The average molecular weight is 225 g/mol. The molecule has 0 aliphatic heterocycles. The Balaban J connectivity index is 2.33. The number of carboxylic acid groups (broad SMARTS) is 1. The molecule has 0 saturated heterocycles. The molecule has 1 heterocycles. The molecule has 0 aliphatic rings. The summed E-state index contributed by atoms with van der Waals surface area (Å²) in [5.41, 5.74) is 0. The van der Waals surface area contributed by atoms with Crippen LogP contribution in [0.5, 0.6) is 0 Å². The zero-order chi connectivity index (χ0) is 12.0. The Morgan fingerprint density at radius 3 is 2.88 bits per heavy atom. The quantitative estimate of drug-likeness (QED) is 0.748. The second kappa shape index (κ2) is 6.33. The number of carbonyl (C=O) groups is 1. The molecule has 0 amide bonds. The minimum Gasteiger partial charge on any atom is -0.475 e. The molecule has 1 aromatic heterocycles. The van der Waals surface area contributed by atoms with Crippen molar-refractivity contribution in [3.63, 3.8) is 0 Å². The van der Waals surface area contributed by atoms with E-state index in [0.717, 1.165) is 6.42 Å². The predicted octanol–water partition coefficient (Wildman–Crippen LogP) is 2.65. The lowest BCUT2D eigenvalue weighted by molar-refractivity contribution is 0.0660. The van der Waals surface area contributed by atoms with E-state index < -0.39 is 5.97 Å². The molecule has 1 atom stereocenters. The number of rotatable bonds is 7. The molecule has 1 rings (SSSR count). The lowest BCUT2D eigenvalue weighted by Crippen LogP contribution is -2.25. The van der Waals surface area contributed by atoms with Gasteiger partial charge in [0.1, 0.15) is 5.76 Å². The van der Waals surface area contributed by atoms with Gasteiger partial charge in [-0.1, -0.05) is 19.8 Å². The number of hydrogen-bond acceptors (Lipinski definition) is 3. The molecule has 0 aliphatic carbocycles. The Morgan fingerprint density at radius 1 is 1.56 bits per heavy atom. The summed E-state index contributed by atoms with van der Waals surface area (Å²) in [4.78, 5) is 10.6. The molecule has 1 unspecified atom stereocenters. The zero-order valence-corrected chi connectivity index (χ0v) is 9.82. The summed E-state index contributed by atoms with van der Waals surface area (Å²) in [7, 11) is 0. The SMILES string of the molecule is CCCCC(C)NCc1ccc(C(=O)O)o1. The van der Waals surface area contributed by atoms with Crippen LogP contribution in [-0.2, 0) is 6.54 Å². The van der Waals surface area contributed by atoms with Crippen LogP contribution in [0.3, 0.4) is 0 Å². The van der Waals surface area contributed by atoms with Gasteiger partial charge in [0.2, 0.25) is 5.76 Å². The highest BCUT2D eigenvalue weighted by Crippen LogP contribution is 2.08. The molecule has 1 aromatic rings. The van der Waals surface area contributed by atoms with Crippen LogP contribution in [0, 0.1) is 0 Å². The van der Waals surface area contributed by atoms with Gasteiger partial charge in [-0.25, -0.2) is 4.79 Å². The van der Waals surface area contributed by atoms with Crippen molar-refractivity contribution in [3.05, 3.63) is 23.7 Å². The van der Waals surface area contributed by atoms with Gasteiger partial charge in [-0.3, -0.25) is 0 Å². The number of aromatic carboxylic acids is 1. The molecular weight excluding hydrogens is 206 g/mol. The molecule has 90 valence electrons. The first-order valence-corrected chi connectivity index (χ1v) is 5.69. The normalized spacial score (nSPS) is 12.6. The summed E-state index contributed by atoms with van der Waals surface area (Å²) in [6.45, 7) is 4.87. The van der Waals surface area contributed by atoms with Gasteiger partial charge in [0.15, 0.2) is 0 Å². The topological polar surface area (TPSA) is 62.5 Å². The highest BCUT2D eigenvalue weighted by atomic mass is 16.4. The van der Waals surface area contributed by atoms with Crippen LogP contribution in [0.25, 0.3) is 0 Å². The summed E-state index contributed by atoms with van der Waals surface area (Å²) in [5, 5.41) is 12.0. The molecule has 4 heteroatoms. The molecule has 0 bridgehead atoms. The monoisotopic (exact) mass is 225 g/mol. The molecule has 0 spiro atoms. The summed E-state index contributed by atoms with van der Waals surface area (Å²) < 4.78 is 5.14. The van der Waals surface area contributed by atoms with Crippen molar-refractivity contribution < 1.29 is 14.3 Å². The van der Waals surface area contributed by atoms with Crippen molar-refractivity contribution >= 4 is 5.97 Å². The van der Waals surface area contributed by atoms with Crippen LogP contribution in [0.1, 0.15) is 49.4 Å². The van der Waals surface area contributed by atoms with Crippen molar-refractivity contribution in [3.8, 4) is 0 Å². The fourth-order valence-corrected chi connectivity index (χ4v) is 1.48. The fraction of sp³-hybridized carbons (Fsp3) is 0.583. The van der Waals surface area contributed by atoms with E-state index in [1.807, 2.05) is 0 Å². The minimum absolute atomic E-state index is 0.00184. The fourth-order valence-electron chi connectivity index (χ4n) is 1.48. The molecular formula is C12H19NO3. The van der Waals surface area contributed by atoms with Crippen molar-refractivity contribution in [2.75, 3.05) is 0 Å². The van der Waals surface area contributed by atoms with Gasteiger partial charge < -0.3 is 14.8 Å². The van der Waals surface area contributed by atoms with E-state index in [1.165, 1.54) is 18.9 Å². The van der Waals surface area contributed by atoms with Crippen LogP contribution in [0.2, 0.25) is 0 Å². The largest absolute Gasteiger partial charge is 0.475 e. The lowest BCUT2D eigenvalue weighted by Gasteiger charge is -2.11. The lowest BCUT2D eigenvalue weighted by atomic mass is 10.1. The van der Waals surface area contributed by atoms with Gasteiger partial charge in [0.05, 0.1) is 6.54 Å². The standard InChI is InChI=1S/C12H19NO3/c1-3-4-5-9(2)13-8-10-6-7-11(16-10)12(14)15/h6-7,9,13H,3-5,8H2,1-2H3,(H,14,15). The molecule has 0 radical (unpaired) electrons. The minimum atomic E-state index is -1.02. The number of unbranched alkanes of at least 4 members (excludes halogenated alkanes) is 1. The summed E-state index contributed by atoms with van der Waals surface area (Å²) in [6, 6.07) is 3.61. The highest BCUT2D eigenvalue weighted by molar-refractivity contribution is 5.84. The van der Waals surface area contributed by atoms with E-state index in [9.17, 15) is 4.79 Å². The second-order valence-electron chi connectivity index (χ2n) is 4.00. The molecule has 4 nitrogen and oxygen atoms in total. The van der Waals surface area contributed by atoms with Crippen LogP contribution >= 0.6 is 0 Å². The van der Waals surface area contributed by atoms with Gasteiger partial charge in [0.25, 0.3) is 0 Å². The zero-order valence-electron chi connectivity index (χ0n) is 9.82. The highest BCUT2D eigenvalue weighted by Gasteiger charge is 2.09. The first kappa shape index (κ1) is 12.8. The maximum Gasteiger partial charge on any atom is 0.371 e. The second-order valence-corrected chi connectivity index (χ2v) is 4.00. The summed E-state index contributed by atoms with van der Waals surface area (Å²) in [5.74, 6) is -0.357. The van der Waals surface area contributed by atoms with Gasteiger partial charge in [-0.15, -0.1) is 0 Å². The van der Waals surface area contributed by atoms with Crippen molar-refractivity contribution in [1.29, 1.82) is 0 Å². The predicted molar refractivity (Wildman–Crippen MR) is 61.5 cm³/mol. The third kappa shape index (κ3) is 4.06. The molecule has 0 aromatic carbocycles. The van der Waals surface area contributed by atoms with E-state index in [0.29, 0.717) is 18.3 Å². The number of hydrogen-bond donors (Lipinski definition) is 2. The Labute approximate surface area is 95.7 Å². The van der Waals surface area contributed by atoms with E-state index in [4.69, 9.17) is 9.52 Å². The van der Waals surface area contributed by atoms with E-state index in [1.54, 1.807) is 6.07 Å². The van der Waals surface area contributed by atoms with Crippen molar-refractivity contribution in [1.82, 2.24) is 5.32 Å². The first-order chi connectivity index (χ1) is 7.63. The molecule has 2 N–H and O–H groups in total. The van der Waals surface area contributed by atoms with Crippen LogP contribution < -0.4 is 5.32 Å². The Kier molecular flexibility index (Phi) is 5.05. The van der Waals surface area contributed by atoms with E-state index in [2.05, 4.69) is 19.2 Å². The number of carboxylic acids is 1. The maximum absolute atomic E-state index is 10.6. The van der Waals surface area contributed by atoms with Gasteiger partial charge in [-0.05, 0) is 25.5 Å². The maximum atomic E-state index is 10.6. The van der Waals surface area contributed by atoms with E-state index >= 15 is 0 Å². The van der Waals surface area contributed by atoms with Crippen LogP contribution in [0.4, 0.5) is 0 Å². The average Bonchev–Trinajstić information content (AvgIpc) is 2.72. The van der Waals surface area contributed by atoms with Crippen molar-refractivity contribution in [2.24, 2.45) is 0 Å². The van der Waals surface area contributed by atoms with Crippen LogP contribution in [-0.4, -0.2) is 17.1 Å². The van der Waals surface area contributed by atoms with Gasteiger partial charge in [0, 0.05) is 6.04 Å². The molecule has 16 heavy (non-hydrogen) atoms. The van der Waals surface area contributed by atoms with Crippen molar-refractivity contribution in [2.45, 2.75) is 45.7 Å². The Morgan fingerprint density at radius 2 is 2.31 bits per heavy atom. The molecule has 0 saturated carbocycles. The summed E-state index contributed by atoms with van der Waals surface area (Å²) >= 11 is 0. The van der Waals surface area contributed by atoms with Crippen LogP contribution in [0.15, 0.2) is 16.5 Å². The Bertz CT molecular complexity index is 333. The third-order valence-electron chi connectivity index (χ3n) is 2.49. The molecule has 0 fully saturated rings. The van der Waals surface area contributed by atoms with E-state index in [-0.39, 0.29) is 5.76 Å². The number of furan rings is 1. The summed E-state index contributed by atoms with van der Waals surface area (Å²) in [6.07, 6.45) is 3.52. The van der Waals surface area contributed by atoms with Gasteiger partial charge in [-0.2, -0.15) is 0 Å². The first-order valence-electron chi connectivity index (χ1n) is 5.69. The van der Waals surface area contributed by atoms with Gasteiger partial charge >= 0.3 is 5.97 Å².